The molecule has 102 valence electrons. The number of ether oxygens (including phenoxy) is 1. The van der Waals surface area contributed by atoms with E-state index in [1.165, 1.54) is 5.56 Å². The Hall–Kier alpha value is -0.680. The smallest absolute Gasteiger partial charge is 0.0900 e. The zero-order valence-corrected chi connectivity index (χ0v) is 11.9. The van der Waals surface area contributed by atoms with Gasteiger partial charge in [0.15, 0.2) is 0 Å². The fourth-order valence-corrected chi connectivity index (χ4v) is 2.49. The minimum atomic E-state index is -0.435. The van der Waals surface area contributed by atoms with E-state index in [0.29, 0.717) is 19.8 Å². The zero-order valence-electron chi connectivity index (χ0n) is 11.0. The molecule has 1 aromatic heterocycles. The van der Waals surface area contributed by atoms with Gasteiger partial charge in [-0.1, -0.05) is 13.0 Å². The maximum Gasteiger partial charge on any atom is 0.0900 e. The Kier molecular flexibility index (Phi) is 7.93. The molecule has 0 saturated carbocycles. The van der Waals surface area contributed by atoms with Crippen LogP contribution in [0.25, 0.3) is 0 Å². The van der Waals surface area contributed by atoms with Gasteiger partial charge in [-0.3, -0.25) is 4.90 Å². The third kappa shape index (κ3) is 6.31. The first-order valence-corrected chi connectivity index (χ1v) is 7.30. The Morgan fingerprint density at radius 3 is 3.06 bits per heavy atom. The quantitative estimate of drug-likeness (QED) is 0.523. The molecule has 3 nitrogen and oxygen atoms in total. The molecule has 0 aliphatic carbocycles. The molecule has 4 heteroatoms. The Bertz CT molecular complexity index is 314. The van der Waals surface area contributed by atoms with Crippen LogP contribution in [-0.4, -0.2) is 42.4 Å². The molecule has 1 N–H and O–H groups in total. The number of aliphatic hydroxyl groups is 1. The molecular formula is C14H23NO2S. The zero-order chi connectivity index (χ0) is 13.2. The van der Waals surface area contributed by atoms with Gasteiger partial charge in [0.1, 0.15) is 0 Å². The summed E-state index contributed by atoms with van der Waals surface area (Å²) in [6, 6.07) is 2.13. The molecule has 18 heavy (non-hydrogen) atoms. The average Bonchev–Trinajstić information content (AvgIpc) is 2.82. The highest BCUT2D eigenvalue weighted by Gasteiger charge is 2.11. The first-order valence-electron chi connectivity index (χ1n) is 6.36. The summed E-state index contributed by atoms with van der Waals surface area (Å²) < 4.78 is 5.27. The molecule has 0 bridgehead atoms. The number of aliphatic hydroxyl groups excluding tert-OH is 1. The maximum absolute atomic E-state index is 9.90. The molecule has 1 rings (SSSR count). The molecule has 1 aromatic rings. The Balaban J connectivity index is 2.34. The van der Waals surface area contributed by atoms with E-state index in [0.717, 1.165) is 19.5 Å². The van der Waals surface area contributed by atoms with Gasteiger partial charge in [-0.15, -0.1) is 6.58 Å². The summed E-state index contributed by atoms with van der Waals surface area (Å²) in [5.74, 6) is 0. The summed E-state index contributed by atoms with van der Waals surface area (Å²) in [6.45, 7) is 9.15. The van der Waals surface area contributed by atoms with E-state index < -0.39 is 6.10 Å². The fraction of sp³-hybridized carbons (Fsp3) is 0.571. The SMILES string of the molecule is C=CCOC[C@@H](O)CN(CCC)Cc1ccsc1. The van der Waals surface area contributed by atoms with E-state index in [1.54, 1.807) is 17.4 Å². The van der Waals surface area contributed by atoms with E-state index in [4.69, 9.17) is 4.74 Å². The predicted molar refractivity (Wildman–Crippen MR) is 76.9 cm³/mol. The summed E-state index contributed by atoms with van der Waals surface area (Å²) >= 11 is 1.71. The van der Waals surface area contributed by atoms with Gasteiger partial charge in [-0.05, 0) is 35.4 Å². The summed E-state index contributed by atoms with van der Waals surface area (Å²) in [5.41, 5.74) is 1.31. The molecule has 0 unspecified atom stereocenters. The van der Waals surface area contributed by atoms with Crippen molar-refractivity contribution in [2.24, 2.45) is 0 Å². The van der Waals surface area contributed by atoms with Crippen molar-refractivity contribution in [1.29, 1.82) is 0 Å². The van der Waals surface area contributed by atoms with Crippen molar-refractivity contribution in [3.05, 3.63) is 35.0 Å². The predicted octanol–water partition coefficient (Wildman–Crippen LogP) is 2.52. The lowest BCUT2D eigenvalue weighted by molar-refractivity contribution is 0.0246. The largest absolute Gasteiger partial charge is 0.389 e. The lowest BCUT2D eigenvalue weighted by Gasteiger charge is -2.24. The van der Waals surface area contributed by atoms with Gasteiger partial charge >= 0.3 is 0 Å². The van der Waals surface area contributed by atoms with Crippen LogP contribution in [0.5, 0.6) is 0 Å². The van der Waals surface area contributed by atoms with Crippen molar-refractivity contribution >= 4 is 11.3 Å². The lowest BCUT2D eigenvalue weighted by atomic mass is 10.2. The molecule has 0 fully saturated rings. The lowest BCUT2D eigenvalue weighted by Crippen LogP contribution is -2.35. The minimum Gasteiger partial charge on any atom is -0.389 e. The molecule has 0 aromatic carbocycles. The van der Waals surface area contributed by atoms with Crippen molar-refractivity contribution < 1.29 is 9.84 Å². The van der Waals surface area contributed by atoms with Crippen LogP contribution >= 0.6 is 11.3 Å². The molecule has 0 amide bonds. The standard InChI is InChI=1S/C14H23NO2S/c1-3-6-15(9-13-5-8-18-12-13)10-14(16)11-17-7-4-2/h4-5,8,12,14,16H,2-3,6-7,9-11H2,1H3/t14-/m0/s1. The molecule has 0 radical (unpaired) electrons. The minimum absolute atomic E-state index is 0.371. The first kappa shape index (κ1) is 15.4. The van der Waals surface area contributed by atoms with E-state index >= 15 is 0 Å². The molecule has 0 aliphatic heterocycles. The highest BCUT2D eigenvalue weighted by Crippen LogP contribution is 2.10. The van der Waals surface area contributed by atoms with Crippen LogP contribution in [0.4, 0.5) is 0 Å². The Morgan fingerprint density at radius 2 is 2.44 bits per heavy atom. The molecule has 1 heterocycles. The van der Waals surface area contributed by atoms with Crippen LogP contribution in [-0.2, 0) is 11.3 Å². The number of nitrogens with zero attached hydrogens (tertiary/aromatic N) is 1. The first-order chi connectivity index (χ1) is 8.76. The van der Waals surface area contributed by atoms with E-state index in [2.05, 4.69) is 35.2 Å². The van der Waals surface area contributed by atoms with E-state index in [9.17, 15) is 5.11 Å². The number of rotatable bonds is 10. The molecule has 1 atom stereocenters. The summed E-state index contributed by atoms with van der Waals surface area (Å²) in [4.78, 5) is 2.27. The molecule has 0 aliphatic rings. The van der Waals surface area contributed by atoms with Crippen LogP contribution in [0.15, 0.2) is 29.5 Å². The number of hydrogen-bond acceptors (Lipinski definition) is 4. The van der Waals surface area contributed by atoms with Crippen molar-refractivity contribution in [1.82, 2.24) is 4.90 Å². The van der Waals surface area contributed by atoms with Crippen molar-refractivity contribution in [3.8, 4) is 0 Å². The van der Waals surface area contributed by atoms with Gasteiger partial charge in [0.2, 0.25) is 0 Å². The Labute approximate surface area is 114 Å². The van der Waals surface area contributed by atoms with Crippen molar-refractivity contribution in [3.63, 3.8) is 0 Å². The topological polar surface area (TPSA) is 32.7 Å². The third-order valence-electron chi connectivity index (χ3n) is 2.54. The van der Waals surface area contributed by atoms with E-state index in [1.807, 2.05) is 0 Å². The van der Waals surface area contributed by atoms with Crippen LogP contribution in [0.1, 0.15) is 18.9 Å². The molecular weight excluding hydrogens is 246 g/mol. The van der Waals surface area contributed by atoms with E-state index in [-0.39, 0.29) is 0 Å². The van der Waals surface area contributed by atoms with Gasteiger partial charge in [0.25, 0.3) is 0 Å². The maximum atomic E-state index is 9.90. The van der Waals surface area contributed by atoms with Crippen LogP contribution < -0.4 is 0 Å². The summed E-state index contributed by atoms with van der Waals surface area (Å²) in [6.07, 6.45) is 2.35. The highest BCUT2D eigenvalue weighted by molar-refractivity contribution is 7.07. The van der Waals surface area contributed by atoms with Gasteiger partial charge in [0, 0.05) is 13.1 Å². The monoisotopic (exact) mass is 269 g/mol. The van der Waals surface area contributed by atoms with Gasteiger partial charge in [-0.25, -0.2) is 0 Å². The number of thiophene rings is 1. The summed E-state index contributed by atoms with van der Waals surface area (Å²) in [7, 11) is 0. The van der Waals surface area contributed by atoms with Crippen molar-refractivity contribution in [2.45, 2.75) is 26.0 Å². The third-order valence-corrected chi connectivity index (χ3v) is 3.27. The fourth-order valence-electron chi connectivity index (χ4n) is 1.83. The van der Waals surface area contributed by atoms with Crippen LogP contribution in [0.3, 0.4) is 0 Å². The highest BCUT2D eigenvalue weighted by atomic mass is 32.1. The summed E-state index contributed by atoms with van der Waals surface area (Å²) in [5, 5.41) is 14.1. The average molecular weight is 269 g/mol. The second-order valence-corrected chi connectivity index (χ2v) is 5.13. The molecule has 0 spiro atoms. The van der Waals surface area contributed by atoms with Gasteiger partial charge in [0.05, 0.1) is 19.3 Å². The Morgan fingerprint density at radius 1 is 1.61 bits per heavy atom. The second kappa shape index (κ2) is 9.28. The van der Waals surface area contributed by atoms with Gasteiger partial charge in [-0.2, -0.15) is 11.3 Å². The molecule has 0 saturated heterocycles. The number of hydrogen-bond donors (Lipinski definition) is 1. The van der Waals surface area contributed by atoms with Gasteiger partial charge < -0.3 is 9.84 Å². The van der Waals surface area contributed by atoms with Crippen LogP contribution in [0.2, 0.25) is 0 Å². The van der Waals surface area contributed by atoms with Crippen LogP contribution in [0, 0.1) is 0 Å². The second-order valence-electron chi connectivity index (χ2n) is 4.35. The normalized spacial score (nSPS) is 12.8. The van der Waals surface area contributed by atoms with Crippen molar-refractivity contribution in [2.75, 3.05) is 26.3 Å².